The highest BCUT2D eigenvalue weighted by molar-refractivity contribution is 5.27. The van der Waals surface area contributed by atoms with Crippen molar-refractivity contribution in [1.29, 1.82) is 0 Å². The normalized spacial score (nSPS) is 18.8. The molecule has 1 atom stereocenters. The van der Waals surface area contributed by atoms with Gasteiger partial charge in [-0.15, -0.1) is 0 Å². The fourth-order valence-electron chi connectivity index (χ4n) is 2.99. The molecule has 1 fully saturated rings. The first-order valence-corrected chi connectivity index (χ1v) is 8.12. The second kappa shape index (κ2) is 7.57. The SMILES string of the molecule is COc1ccc(CC2CN(Cc3cccc(C)n3)CCO2)cc1. The molecule has 1 aromatic carbocycles. The van der Waals surface area contributed by atoms with E-state index in [1.807, 2.05) is 25.1 Å². The highest BCUT2D eigenvalue weighted by atomic mass is 16.5. The summed E-state index contributed by atoms with van der Waals surface area (Å²) in [5, 5.41) is 0. The van der Waals surface area contributed by atoms with Crippen LogP contribution in [0.4, 0.5) is 0 Å². The van der Waals surface area contributed by atoms with Crippen LogP contribution in [0.5, 0.6) is 5.75 Å². The lowest BCUT2D eigenvalue weighted by Gasteiger charge is -2.32. The van der Waals surface area contributed by atoms with Gasteiger partial charge < -0.3 is 9.47 Å². The van der Waals surface area contributed by atoms with Gasteiger partial charge in [0.1, 0.15) is 5.75 Å². The second-order valence-electron chi connectivity index (χ2n) is 6.05. The predicted molar refractivity (Wildman–Crippen MR) is 90.7 cm³/mol. The molecule has 0 aliphatic carbocycles. The Labute approximate surface area is 138 Å². The van der Waals surface area contributed by atoms with E-state index < -0.39 is 0 Å². The van der Waals surface area contributed by atoms with Crippen LogP contribution in [-0.2, 0) is 17.7 Å². The van der Waals surface area contributed by atoms with E-state index in [0.29, 0.717) is 0 Å². The van der Waals surface area contributed by atoms with Gasteiger partial charge in [-0.05, 0) is 43.2 Å². The van der Waals surface area contributed by atoms with Crippen molar-refractivity contribution in [3.8, 4) is 5.75 Å². The molecular weight excluding hydrogens is 288 g/mol. The molecule has 1 saturated heterocycles. The average Bonchev–Trinajstić information content (AvgIpc) is 2.56. The molecule has 3 rings (SSSR count). The summed E-state index contributed by atoms with van der Waals surface area (Å²) in [7, 11) is 1.69. The van der Waals surface area contributed by atoms with Gasteiger partial charge in [0.15, 0.2) is 0 Å². The maximum Gasteiger partial charge on any atom is 0.118 e. The Bertz CT molecular complexity index is 628. The summed E-state index contributed by atoms with van der Waals surface area (Å²) in [6, 6.07) is 14.5. The number of morpholine rings is 1. The number of ether oxygens (including phenoxy) is 2. The fourth-order valence-corrected chi connectivity index (χ4v) is 2.99. The van der Waals surface area contributed by atoms with Crippen LogP contribution in [0.1, 0.15) is 17.0 Å². The third-order valence-electron chi connectivity index (χ3n) is 4.18. The summed E-state index contributed by atoms with van der Waals surface area (Å²) >= 11 is 0. The number of rotatable bonds is 5. The molecule has 1 aliphatic rings. The van der Waals surface area contributed by atoms with Crippen molar-refractivity contribution in [3.63, 3.8) is 0 Å². The summed E-state index contributed by atoms with van der Waals surface area (Å²) in [5.41, 5.74) is 3.49. The first-order chi connectivity index (χ1) is 11.2. The molecule has 23 heavy (non-hydrogen) atoms. The quantitative estimate of drug-likeness (QED) is 0.850. The van der Waals surface area contributed by atoms with E-state index in [1.165, 1.54) is 5.56 Å². The molecule has 1 aliphatic heterocycles. The second-order valence-corrected chi connectivity index (χ2v) is 6.05. The Kier molecular flexibility index (Phi) is 5.26. The van der Waals surface area contributed by atoms with Gasteiger partial charge in [0.05, 0.1) is 25.5 Å². The van der Waals surface area contributed by atoms with Gasteiger partial charge in [0, 0.05) is 25.3 Å². The van der Waals surface area contributed by atoms with Crippen molar-refractivity contribution in [1.82, 2.24) is 9.88 Å². The highest BCUT2D eigenvalue weighted by Gasteiger charge is 2.21. The molecule has 0 bridgehead atoms. The summed E-state index contributed by atoms with van der Waals surface area (Å²) in [4.78, 5) is 7.03. The average molecular weight is 312 g/mol. The zero-order valence-corrected chi connectivity index (χ0v) is 13.9. The fraction of sp³-hybridized carbons (Fsp3) is 0.421. The predicted octanol–water partition coefficient (Wildman–Crippen LogP) is 2.84. The summed E-state index contributed by atoms with van der Waals surface area (Å²) in [6.45, 7) is 5.63. The molecule has 0 radical (unpaired) electrons. The number of hydrogen-bond acceptors (Lipinski definition) is 4. The maximum absolute atomic E-state index is 5.94. The monoisotopic (exact) mass is 312 g/mol. The van der Waals surface area contributed by atoms with Crippen LogP contribution in [0.2, 0.25) is 0 Å². The zero-order valence-electron chi connectivity index (χ0n) is 13.9. The molecule has 0 saturated carbocycles. The van der Waals surface area contributed by atoms with E-state index >= 15 is 0 Å². The molecule has 2 aromatic rings. The van der Waals surface area contributed by atoms with Crippen LogP contribution >= 0.6 is 0 Å². The van der Waals surface area contributed by atoms with Crippen LogP contribution < -0.4 is 4.74 Å². The molecule has 0 amide bonds. The van der Waals surface area contributed by atoms with E-state index in [2.05, 4.69) is 34.1 Å². The van der Waals surface area contributed by atoms with Gasteiger partial charge in [-0.1, -0.05) is 18.2 Å². The van der Waals surface area contributed by atoms with Crippen molar-refractivity contribution in [3.05, 3.63) is 59.4 Å². The topological polar surface area (TPSA) is 34.6 Å². The van der Waals surface area contributed by atoms with Crippen LogP contribution in [-0.4, -0.2) is 42.8 Å². The smallest absolute Gasteiger partial charge is 0.118 e. The minimum absolute atomic E-state index is 0.238. The van der Waals surface area contributed by atoms with Gasteiger partial charge in [0.2, 0.25) is 0 Å². The first-order valence-electron chi connectivity index (χ1n) is 8.12. The van der Waals surface area contributed by atoms with Crippen LogP contribution in [0.25, 0.3) is 0 Å². The lowest BCUT2D eigenvalue weighted by Crippen LogP contribution is -2.43. The molecule has 122 valence electrons. The van der Waals surface area contributed by atoms with Gasteiger partial charge >= 0.3 is 0 Å². The van der Waals surface area contributed by atoms with E-state index in [9.17, 15) is 0 Å². The van der Waals surface area contributed by atoms with Crippen molar-refractivity contribution in [2.45, 2.75) is 26.0 Å². The van der Waals surface area contributed by atoms with Gasteiger partial charge in [-0.2, -0.15) is 0 Å². The summed E-state index contributed by atoms with van der Waals surface area (Å²) in [6.07, 6.45) is 1.17. The number of aryl methyl sites for hydroxylation is 1. The van der Waals surface area contributed by atoms with Gasteiger partial charge in [0.25, 0.3) is 0 Å². The summed E-state index contributed by atoms with van der Waals surface area (Å²) < 4.78 is 11.1. The number of pyridine rings is 1. The Morgan fingerprint density at radius 1 is 1.22 bits per heavy atom. The maximum atomic E-state index is 5.94. The van der Waals surface area contributed by atoms with Crippen LogP contribution in [0.3, 0.4) is 0 Å². The molecule has 1 aromatic heterocycles. The van der Waals surface area contributed by atoms with Gasteiger partial charge in [-0.25, -0.2) is 0 Å². The molecule has 0 N–H and O–H groups in total. The summed E-state index contributed by atoms with van der Waals surface area (Å²) in [5.74, 6) is 0.894. The minimum atomic E-state index is 0.238. The van der Waals surface area contributed by atoms with Crippen LogP contribution in [0, 0.1) is 6.92 Å². The number of aromatic nitrogens is 1. The molecular formula is C19H24N2O2. The Morgan fingerprint density at radius 2 is 2.04 bits per heavy atom. The van der Waals surface area contributed by atoms with E-state index in [4.69, 9.17) is 9.47 Å². The Balaban J connectivity index is 1.57. The van der Waals surface area contributed by atoms with Gasteiger partial charge in [-0.3, -0.25) is 9.88 Å². The lowest BCUT2D eigenvalue weighted by molar-refractivity contribution is -0.0308. The highest BCUT2D eigenvalue weighted by Crippen LogP contribution is 2.16. The first kappa shape index (κ1) is 16.0. The molecule has 4 heteroatoms. The molecule has 0 spiro atoms. The largest absolute Gasteiger partial charge is 0.497 e. The molecule has 4 nitrogen and oxygen atoms in total. The molecule has 1 unspecified atom stereocenters. The van der Waals surface area contributed by atoms with Crippen LogP contribution in [0.15, 0.2) is 42.5 Å². The third kappa shape index (κ3) is 4.53. The minimum Gasteiger partial charge on any atom is -0.497 e. The van der Waals surface area contributed by atoms with Crippen molar-refractivity contribution in [2.24, 2.45) is 0 Å². The number of hydrogen-bond donors (Lipinski definition) is 0. The number of methoxy groups -OCH3 is 1. The Morgan fingerprint density at radius 3 is 2.78 bits per heavy atom. The number of benzene rings is 1. The molecule has 2 heterocycles. The number of nitrogens with zero attached hydrogens (tertiary/aromatic N) is 2. The van der Waals surface area contributed by atoms with Crippen molar-refractivity contribution < 1.29 is 9.47 Å². The zero-order chi connectivity index (χ0) is 16.1. The lowest BCUT2D eigenvalue weighted by atomic mass is 10.1. The van der Waals surface area contributed by atoms with E-state index in [0.717, 1.165) is 49.8 Å². The van der Waals surface area contributed by atoms with Crippen molar-refractivity contribution in [2.75, 3.05) is 26.8 Å². The third-order valence-corrected chi connectivity index (χ3v) is 4.18. The van der Waals surface area contributed by atoms with E-state index in [1.54, 1.807) is 7.11 Å². The Hall–Kier alpha value is -1.91. The van der Waals surface area contributed by atoms with E-state index in [-0.39, 0.29) is 6.10 Å². The standard InChI is InChI=1S/C19H24N2O2/c1-15-4-3-5-17(20-15)13-21-10-11-23-19(14-21)12-16-6-8-18(22-2)9-7-16/h3-9,19H,10-14H2,1-2H3. The van der Waals surface area contributed by atoms with Crippen molar-refractivity contribution >= 4 is 0 Å².